The molecule has 0 aliphatic carbocycles. The molecule has 0 saturated carbocycles. The zero-order valence-electron chi connectivity index (χ0n) is 7.72. The number of aromatic nitrogens is 1. The fourth-order valence-corrected chi connectivity index (χ4v) is 1.88. The highest BCUT2D eigenvalue weighted by molar-refractivity contribution is 6.35. The van der Waals surface area contributed by atoms with Gasteiger partial charge in [-0.1, -0.05) is 29.8 Å². The Balaban J connectivity index is 2.83. The first-order valence-electron chi connectivity index (χ1n) is 4.33. The molecule has 14 heavy (non-hydrogen) atoms. The number of benzene rings is 1. The van der Waals surface area contributed by atoms with Crippen LogP contribution in [0.2, 0.25) is 5.02 Å². The van der Waals surface area contributed by atoms with Crippen molar-refractivity contribution in [1.29, 1.82) is 0 Å². The van der Waals surface area contributed by atoms with E-state index in [0.29, 0.717) is 10.9 Å². The maximum Gasteiger partial charge on any atom is 0.0749 e. The van der Waals surface area contributed by atoms with Gasteiger partial charge in [0.2, 0.25) is 0 Å². The maximum absolute atomic E-state index is 6.11. The SMILES string of the molecule is Cc1cccc2c(Cl)cc(CCl)nc12. The van der Waals surface area contributed by atoms with E-state index < -0.39 is 0 Å². The van der Waals surface area contributed by atoms with Crippen molar-refractivity contribution in [2.45, 2.75) is 12.8 Å². The molecule has 0 aliphatic rings. The van der Waals surface area contributed by atoms with Crippen LogP contribution in [0.15, 0.2) is 24.3 Å². The molecule has 0 radical (unpaired) electrons. The molecule has 1 aromatic carbocycles. The first-order valence-corrected chi connectivity index (χ1v) is 5.24. The van der Waals surface area contributed by atoms with Crippen molar-refractivity contribution < 1.29 is 0 Å². The molecule has 0 atom stereocenters. The van der Waals surface area contributed by atoms with E-state index in [9.17, 15) is 0 Å². The molecule has 3 heteroatoms. The molecule has 0 spiro atoms. The lowest BCUT2D eigenvalue weighted by atomic mass is 10.1. The van der Waals surface area contributed by atoms with Crippen LogP contribution in [-0.4, -0.2) is 4.98 Å². The Morgan fingerprint density at radius 2 is 2.14 bits per heavy atom. The van der Waals surface area contributed by atoms with Gasteiger partial charge in [0.15, 0.2) is 0 Å². The van der Waals surface area contributed by atoms with Crippen LogP contribution in [0.5, 0.6) is 0 Å². The summed E-state index contributed by atoms with van der Waals surface area (Å²) in [6.45, 7) is 2.02. The van der Waals surface area contributed by atoms with E-state index in [2.05, 4.69) is 4.98 Å². The lowest BCUT2D eigenvalue weighted by Gasteiger charge is -2.05. The molecular weight excluding hydrogens is 217 g/mol. The summed E-state index contributed by atoms with van der Waals surface area (Å²) in [5.74, 6) is 0.393. The largest absolute Gasteiger partial charge is 0.251 e. The second kappa shape index (κ2) is 3.76. The van der Waals surface area contributed by atoms with Gasteiger partial charge in [-0.3, -0.25) is 4.98 Å². The van der Waals surface area contributed by atoms with Gasteiger partial charge in [0.1, 0.15) is 0 Å². The van der Waals surface area contributed by atoms with Crippen molar-refractivity contribution in [3.8, 4) is 0 Å². The van der Waals surface area contributed by atoms with E-state index in [0.717, 1.165) is 22.2 Å². The number of hydrogen-bond donors (Lipinski definition) is 0. The third kappa shape index (κ3) is 1.58. The van der Waals surface area contributed by atoms with Crippen LogP contribution in [0.25, 0.3) is 10.9 Å². The van der Waals surface area contributed by atoms with Gasteiger partial charge in [-0.2, -0.15) is 0 Å². The molecule has 0 saturated heterocycles. The second-order valence-electron chi connectivity index (χ2n) is 3.20. The highest BCUT2D eigenvalue weighted by Crippen LogP contribution is 2.25. The number of nitrogens with zero attached hydrogens (tertiary/aromatic N) is 1. The number of pyridine rings is 1. The molecule has 0 unspecified atom stereocenters. The molecule has 1 nitrogen and oxygen atoms in total. The quantitative estimate of drug-likeness (QED) is 0.671. The predicted molar refractivity (Wildman–Crippen MR) is 61.0 cm³/mol. The first-order chi connectivity index (χ1) is 6.72. The highest BCUT2D eigenvalue weighted by atomic mass is 35.5. The van der Waals surface area contributed by atoms with Crippen LogP contribution in [0.3, 0.4) is 0 Å². The van der Waals surface area contributed by atoms with Crippen molar-refractivity contribution in [2.75, 3.05) is 0 Å². The van der Waals surface area contributed by atoms with Gasteiger partial charge in [0.05, 0.1) is 22.1 Å². The molecule has 2 rings (SSSR count). The Morgan fingerprint density at radius 1 is 1.36 bits per heavy atom. The third-order valence-electron chi connectivity index (χ3n) is 2.18. The summed E-state index contributed by atoms with van der Waals surface area (Å²) in [5, 5.41) is 1.70. The van der Waals surface area contributed by atoms with Crippen LogP contribution in [0.1, 0.15) is 11.3 Å². The monoisotopic (exact) mass is 225 g/mol. The van der Waals surface area contributed by atoms with Crippen LogP contribution in [-0.2, 0) is 5.88 Å². The molecule has 72 valence electrons. The van der Waals surface area contributed by atoms with Gasteiger partial charge in [0, 0.05) is 5.39 Å². The number of halogens is 2. The van der Waals surface area contributed by atoms with E-state index >= 15 is 0 Å². The van der Waals surface area contributed by atoms with Crippen LogP contribution >= 0.6 is 23.2 Å². The normalized spacial score (nSPS) is 10.8. The Bertz CT molecular complexity index is 480. The molecule has 1 aromatic heterocycles. The standard InChI is InChI=1S/C11H9Cl2N/c1-7-3-2-4-9-10(13)5-8(6-12)14-11(7)9/h2-5H,6H2,1H3. The lowest BCUT2D eigenvalue weighted by molar-refractivity contribution is 1.21. The summed E-state index contributed by atoms with van der Waals surface area (Å²) in [4.78, 5) is 4.44. The van der Waals surface area contributed by atoms with Crippen molar-refractivity contribution in [2.24, 2.45) is 0 Å². The molecule has 1 heterocycles. The van der Waals surface area contributed by atoms with Crippen molar-refractivity contribution in [3.63, 3.8) is 0 Å². The number of hydrogen-bond acceptors (Lipinski definition) is 1. The minimum Gasteiger partial charge on any atom is -0.251 e. The van der Waals surface area contributed by atoms with E-state index in [-0.39, 0.29) is 0 Å². The van der Waals surface area contributed by atoms with Crippen LogP contribution in [0, 0.1) is 6.92 Å². The number of alkyl halides is 1. The summed E-state index contributed by atoms with van der Waals surface area (Å²) in [6.07, 6.45) is 0. The molecule has 0 bridgehead atoms. The Hall–Kier alpha value is -0.790. The van der Waals surface area contributed by atoms with Gasteiger partial charge in [-0.05, 0) is 18.6 Å². The Labute approximate surface area is 92.7 Å². The van der Waals surface area contributed by atoms with E-state index in [1.54, 1.807) is 0 Å². The van der Waals surface area contributed by atoms with E-state index in [1.807, 2.05) is 31.2 Å². The van der Waals surface area contributed by atoms with Gasteiger partial charge < -0.3 is 0 Å². The van der Waals surface area contributed by atoms with Crippen molar-refractivity contribution >= 4 is 34.1 Å². The van der Waals surface area contributed by atoms with E-state index in [4.69, 9.17) is 23.2 Å². The number of aryl methyl sites for hydroxylation is 1. The van der Waals surface area contributed by atoms with Crippen LogP contribution < -0.4 is 0 Å². The molecule has 0 fully saturated rings. The maximum atomic E-state index is 6.11. The minimum absolute atomic E-state index is 0.393. The van der Waals surface area contributed by atoms with Gasteiger partial charge in [-0.25, -0.2) is 0 Å². The molecular formula is C11H9Cl2N. The molecule has 0 amide bonds. The summed E-state index contributed by atoms with van der Waals surface area (Å²) in [7, 11) is 0. The summed E-state index contributed by atoms with van der Waals surface area (Å²) in [6, 6.07) is 7.78. The Morgan fingerprint density at radius 3 is 2.86 bits per heavy atom. The minimum atomic E-state index is 0.393. The zero-order valence-corrected chi connectivity index (χ0v) is 9.23. The summed E-state index contributed by atoms with van der Waals surface area (Å²) < 4.78 is 0. The number of rotatable bonds is 1. The average molecular weight is 226 g/mol. The topological polar surface area (TPSA) is 12.9 Å². The van der Waals surface area contributed by atoms with Crippen molar-refractivity contribution in [1.82, 2.24) is 4.98 Å². The zero-order chi connectivity index (χ0) is 10.1. The third-order valence-corrected chi connectivity index (χ3v) is 2.77. The Kier molecular flexibility index (Phi) is 2.62. The summed E-state index contributed by atoms with van der Waals surface area (Å²) >= 11 is 11.8. The van der Waals surface area contributed by atoms with Crippen molar-refractivity contribution in [3.05, 3.63) is 40.5 Å². The number of para-hydroxylation sites is 1. The van der Waals surface area contributed by atoms with Crippen LogP contribution in [0.4, 0.5) is 0 Å². The van der Waals surface area contributed by atoms with E-state index in [1.165, 1.54) is 0 Å². The number of fused-ring (bicyclic) bond motifs is 1. The molecule has 2 aromatic rings. The fourth-order valence-electron chi connectivity index (χ4n) is 1.47. The lowest BCUT2D eigenvalue weighted by Crippen LogP contribution is -1.89. The molecule has 0 aliphatic heterocycles. The van der Waals surface area contributed by atoms with Gasteiger partial charge in [0.25, 0.3) is 0 Å². The average Bonchev–Trinajstić information content (AvgIpc) is 2.19. The first kappa shape index (κ1) is 9.75. The summed E-state index contributed by atoms with van der Waals surface area (Å²) in [5.41, 5.74) is 2.88. The smallest absolute Gasteiger partial charge is 0.0749 e. The second-order valence-corrected chi connectivity index (χ2v) is 3.87. The predicted octanol–water partition coefficient (Wildman–Crippen LogP) is 3.94. The fraction of sp³-hybridized carbons (Fsp3) is 0.182. The molecule has 0 N–H and O–H groups in total. The highest BCUT2D eigenvalue weighted by Gasteiger charge is 2.04. The van der Waals surface area contributed by atoms with Gasteiger partial charge in [-0.15, -0.1) is 11.6 Å². The van der Waals surface area contributed by atoms with Gasteiger partial charge >= 0.3 is 0 Å².